The zero-order valence-electron chi connectivity index (χ0n) is 13.8. The number of amides is 4. The lowest BCUT2D eigenvalue weighted by molar-refractivity contribution is -0.136. The minimum Gasteiger partial charge on any atom is -0.323 e. The van der Waals surface area contributed by atoms with E-state index in [4.69, 9.17) is 0 Å². The van der Waals surface area contributed by atoms with Crippen molar-refractivity contribution in [1.82, 2.24) is 10.2 Å². The third-order valence-electron chi connectivity index (χ3n) is 5.01. The van der Waals surface area contributed by atoms with Crippen molar-refractivity contribution in [3.8, 4) is 0 Å². The molecule has 25 heavy (non-hydrogen) atoms. The maximum atomic E-state index is 13.8. The maximum absolute atomic E-state index is 13.8. The molecule has 0 bridgehead atoms. The van der Waals surface area contributed by atoms with Gasteiger partial charge in [-0.25, -0.2) is 9.18 Å². The molecule has 1 spiro atoms. The van der Waals surface area contributed by atoms with E-state index < -0.39 is 29.8 Å². The molecule has 2 N–H and O–H groups in total. The van der Waals surface area contributed by atoms with Gasteiger partial charge in [0.1, 0.15) is 17.9 Å². The van der Waals surface area contributed by atoms with E-state index in [1.54, 1.807) is 6.07 Å². The summed E-state index contributed by atoms with van der Waals surface area (Å²) in [6, 6.07) is 3.66. The van der Waals surface area contributed by atoms with Crippen molar-refractivity contribution in [2.45, 2.75) is 38.1 Å². The molecule has 8 heteroatoms. The molecular weight excluding hydrogens is 393 g/mol. The highest BCUT2D eigenvalue weighted by molar-refractivity contribution is 9.10. The molecule has 1 aliphatic heterocycles. The molecule has 6 nitrogen and oxygen atoms in total. The maximum Gasteiger partial charge on any atom is 0.325 e. The Morgan fingerprint density at radius 2 is 2.20 bits per heavy atom. The lowest BCUT2D eigenvalue weighted by Crippen LogP contribution is -2.54. The summed E-state index contributed by atoms with van der Waals surface area (Å²) in [4.78, 5) is 38.1. The van der Waals surface area contributed by atoms with Gasteiger partial charge in [0.05, 0.1) is 5.69 Å². The molecule has 1 aromatic carbocycles. The fourth-order valence-corrected chi connectivity index (χ4v) is 3.90. The number of hydrogen-bond donors (Lipinski definition) is 2. The van der Waals surface area contributed by atoms with E-state index in [0.29, 0.717) is 10.9 Å². The Morgan fingerprint density at radius 1 is 1.44 bits per heavy atom. The first kappa shape index (κ1) is 17.8. The number of nitrogens with zero attached hydrogens (tertiary/aromatic N) is 1. The van der Waals surface area contributed by atoms with Crippen molar-refractivity contribution in [2.24, 2.45) is 5.92 Å². The minimum atomic E-state index is -0.904. The van der Waals surface area contributed by atoms with Crippen molar-refractivity contribution < 1.29 is 18.8 Å². The topological polar surface area (TPSA) is 78.5 Å². The molecular formula is C17H19BrFN3O3. The SMILES string of the molecule is C[C@@H]1CCCC[C@]12NC(=O)N(CC(=O)Nc1ccc(Br)cc1F)C2=O. The van der Waals surface area contributed by atoms with Crippen molar-refractivity contribution in [1.29, 1.82) is 0 Å². The van der Waals surface area contributed by atoms with E-state index in [0.717, 1.165) is 24.2 Å². The normalized spacial score (nSPS) is 26.0. The van der Waals surface area contributed by atoms with Crippen LogP contribution in [0.2, 0.25) is 0 Å². The van der Waals surface area contributed by atoms with Gasteiger partial charge in [-0.05, 0) is 37.0 Å². The lowest BCUT2D eigenvalue weighted by atomic mass is 9.73. The second-order valence-corrected chi connectivity index (χ2v) is 7.53. The smallest absolute Gasteiger partial charge is 0.323 e. The number of imide groups is 1. The molecule has 1 saturated heterocycles. The molecule has 1 aliphatic carbocycles. The first-order valence-electron chi connectivity index (χ1n) is 8.22. The van der Waals surface area contributed by atoms with E-state index in [1.165, 1.54) is 12.1 Å². The van der Waals surface area contributed by atoms with Crippen LogP contribution in [0.5, 0.6) is 0 Å². The van der Waals surface area contributed by atoms with Crippen LogP contribution in [0, 0.1) is 11.7 Å². The van der Waals surface area contributed by atoms with Gasteiger partial charge in [0.15, 0.2) is 0 Å². The van der Waals surface area contributed by atoms with Crippen LogP contribution in [0.25, 0.3) is 0 Å². The summed E-state index contributed by atoms with van der Waals surface area (Å²) in [5.74, 6) is -1.56. The van der Waals surface area contributed by atoms with Gasteiger partial charge in [-0.15, -0.1) is 0 Å². The van der Waals surface area contributed by atoms with Gasteiger partial charge in [0.25, 0.3) is 5.91 Å². The number of anilines is 1. The van der Waals surface area contributed by atoms with Crippen LogP contribution in [-0.4, -0.2) is 34.8 Å². The van der Waals surface area contributed by atoms with Gasteiger partial charge in [-0.1, -0.05) is 35.7 Å². The average molecular weight is 412 g/mol. The Kier molecular flexibility index (Phi) is 4.81. The van der Waals surface area contributed by atoms with Gasteiger partial charge in [0, 0.05) is 4.47 Å². The number of urea groups is 1. The Bertz CT molecular complexity index is 742. The fraction of sp³-hybridized carbons (Fsp3) is 0.471. The highest BCUT2D eigenvalue weighted by Crippen LogP contribution is 2.38. The second-order valence-electron chi connectivity index (χ2n) is 6.61. The van der Waals surface area contributed by atoms with Crippen LogP contribution < -0.4 is 10.6 Å². The van der Waals surface area contributed by atoms with Crippen molar-refractivity contribution >= 4 is 39.5 Å². The first-order valence-corrected chi connectivity index (χ1v) is 9.02. The van der Waals surface area contributed by atoms with Gasteiger partial charge in [-0.3, -0.25) is 14.5 Å². The summed E-state index contributed by atoms with van der Waals surface area (Å²) in [5, 5.41) is 5.18. The summed E-state index contributed by atoms with van der Waals surface area (Å²) in [7, 11) is 0. The number of nitrogens with one attached hydrogen (secondary N) is 2. The molecule has 3 rings (SSSR count). The molecule has 1 saturated carbocycles. The highest BCUT2D eigenvalue weighted by Gasteiger charge is 2.55. The Labute approximate surface area is 153 Å². The molecule has 1 aromatic rings. The molecule has 0 radical (unpaired) electrons. The largest absolute Gasteiger partial charge is 0.325 e. The molecule has 2 aliphatic rings. The lowest BCUT2D eigenvalue weighted by Gasteiger charge is -2.36. The summed E-state index contributed by atoms with van der Waals surface area (Å²) in [6.45, 7) is 1.51. The second kappa shape index (κ2) is 6.74. The van der Waals surface area contributed by atoms with Crippen LogP contribution in [0.1, 0.15) is 32.6 Å². The first-order chi connectivity index (χ1) is 11.8. The minimum absolute atomic E-state index is 0.000928. The predicted octanol–water partition coefficient (Wildman–Crippen LogP) is 3.03. The zero-order chi connectivity index (χ0) is 18.2. The van der Waals surface area contributed by atoms with Crippen LogP contribution in [0.15, 0.2) is 22.7 Å². The summed E-state index contributed by atoms with van der Waals surface area (Å²) in [5.41, 5.74) is -0.903. The molecule has 0 aromatic heterocycles. The van der Waals surface area contributed by atoms with E-state index in [2.05, 4.69) is 26.6 Å². The molecule has 2 atom stereocenters. The molecule has 1 heterocycles. The van der Waals surface area contributed by atoms with E-state index in [1.807, 2.05) is 6.92 Å². The Balaban J connectivity index is 1.71. The van der Waals surface area contributed by atoms with Crippen molar-refractivity contribution in [3.63, 3.8) is 0 Å². The van der Waals surface area contributed by atoms with E-state index in [-0.39, 0.29) is 17.5 Å². The Hall–Kier alpha value is -1.96. The van der Waals surface area contributed by atoms with Crippen LogP contribution >= 0.6 is 15.9 Å². The average Bonchev–Trinajstić information content (AvgIpc) is 2.78. The Morgan fingerprint density at radius 3 is 2.88 bits per heavy atom. The number of rotatable bonds is 3. The highest BCUT2D eigenvalue weighted by atomic mass is 79.9. The number of benzene rings is 1. The fourth-order valence-electron chi connectivity index (χ4n) is 3.56. The molecule has 0 unspecified atom stereocenters. The van der Waals surface area contributed by atoms with Crippen LogP contribution in [0.4, 0.5) is 14.9 Å². The van der Waals surface area contributed by atoms with Gasteiger partial charge in [-0.2, -0.15) is 0 Å². The van der Waals surface area contributed by atoms with Crippen LogP contribution in [-0.2, 0) is 9.59 Å². The van der Waals surface area contributed by atoms with Gasteiger partial charge < -0.3 is 10.6 Å². The van der Waals surface area contributed by atoms with E-state index >= 15 is 0 Å². The number of halogens is 2. The van der Waals surface area contributed by atoms with Crippen molar-refractivity contribution in [2.75, 3.05) is 11.9 Å². The summed E-state index contributed by atoms with van der Waals surface area (Å²) < 4.78 is 14.4. The monoisotopic (exact) mass is 411 g/mol. The zero-order valence-corrected chi connectivity index (χ0v) is 15.4. The van der Waals surface area contributed by atoms with Crippen molar-refractivity contribution in [3.05, 3.63) is 28.5 Å². The number of carbonyl (C=O) groups excluding carboxylic acids is 3. The third-order valence-corrected chi connectivity index (χ3v) is 5.50. The predicted molar refractivity (Wildman–Crippen MR) is 93.3 cm³/mol. The number of carbonyl (C=O) groups is 3. The quantitative estimate of drug-likeness (QED) is 0.750. The van der Waals surface area contributed by atoms with E-state index in [9.17, 15) is 18.8 Å². The molecule has 4 amide bonds. The summed E-state index contributed by atoms with van der Waals surface area (Å²) in [6.07, 6.45) is 3.32. The molecule has 134 valence electrons. The summed E-state index contributed by atoms with van der Waals surface area (Å²) >= 11 is 3.14. The third kappa shape index (κ3) is 3.27. The van der Waals surface area contributed by atoms with Gasteiger partial charge in [0.2, 0.25) is 5.91 Å². The van der Waals surface area contributed by atoms with Gasteiger partial charge >= 0.3 is 6.03 Å². The van der Waals surface area contributed by atoms with Crippen LogP contribution in [0.3, 0.4) is 0 Å². The standard InChI is InChI=1S/C17H19BrFN3O3/c1-10-4-2-3-7-17(10)15(24)22(16(25)21-17)9-14(23)20-13-6-5-11(18)8-12(13)19/h5-6,8,10H,2-4,7,9H2,1H3,(H,20,23)(H,21,25)/t10-,17+/m1/s1. The molecule has 2 fully saturated rings. The number of hydrogen-bond acceptors (Lipinski definition) is 3.